The molecule has 0 aliphatic rings. The monoisotopic (exact) mass is 175 g/mol. The van der Waals surface area contributed by atoms with Crippen LogP contribution < -0.4 is 4.89 Å². The van der Waals surface area contributed by atoms with Crippen molar-refractivity contribution in [2.24, 2.45) is 0 Å². The zero-order valence-electron chi connectivity index (χ0n) is 7.19. The maximum atomic E-state index is 8.56. The Morgan fingerprint density at radius 3 is 2.92 bits per heavy atom. The summed E-state index contributed by atoms with van der Waals surface area (Å²) in [5.74, 6) is 0.251. The molecule has 66 valence electrons. The quantitative estimate of drug-likeness (QED) is 0.534. The van der Waals surface area contributed by atoms with Crippen molar-refractivity contribution in [1.29, 1.82) is 0 Å². The molecule has 3 nitrogen and oxygen atoms in total. The average Bonchev–Trinajstić information content (AvgIpc) is 2.17. The highest BCUT2D eigenvalue weighted by atomic mass is 17.1. The largest absolute Gasteiger partial charge is 0.319 e. The third-order valence-corrected chi connectivity index (χ3v) is 1.97. The molecule has 0 fully saturated rings. The number of pyridine rings is 1. The zero-order chi connectivity index (χ0) is 9.26. The summed E-state index contributed by atoms with van der Waals surface area (Å²) in [6.45, 7) is 1.98. The highest BCUT2D eigenvalue weighted by molar-refractivity contribution is 5.87. The van der Waals surface area contributed by atoms with Gasteiger partial charge in [0.25, 0.3) is 5.88 Å². The van der Waals surface area contributed by atoms with Crippen LogP contribution in [0.4, 0.5) is 0 Å². The summed E-state index contributed by atoms with van der Waals surface area (Å²) in [5.41, 5.74) is 1.11. The molecule has 0 aliphatic carbocycles. The van der Waals surface area contributed by atoms with Crippen LogP contribution in [0.3, 0.4) is 0 Å². The molecule has 0 saturated heterocycles. The van der Waals surface area contributed by atoms with Gasteiger partial charge in [-0.05, 0) is 24.4 Å². The first-order chi connectivity index (χ1) is 6.31. The Morgan fingerprint density at radius 2 is 2.15 bits per heavy atom. The van der Waals surface area contributed by atoms with E-state index in [2.05, 4.69) is 9.87 Å². The molecular weight excluding hydrogens is 166 g/mol. The van der Waals surface area contributed by atoms with Gasteiger partial charge in [-0.3, -0.25) is 0 Å². The summed E-state index contributed by atoms with van der Waals surface area (Å²) in [6.07, 6.45) is 1.60. The molecule has 3 heteroatoms. The van der Waals surface area contributed by atoms with Crippen LogP contribution in [-0.2, 0) is 0 Å². The Balaban J connectivity index is 2.79. The van der Waals surface area contributed by atoms with Crippen molar-refractivity contribution in [1.82, 2.24) is 4.98 Å². The minimum atomic E-state index is 0.251. The van der Waals surface area contributed by atoms with Gasteiger partial charge in [0.15, 0.2) is 0 Å². The van der Waals surface area contributed by atoms with Gasteiger partial charge in [0.05, 0.1) is 0 Å². The number of rotatable bonds is 1. The van der Waals surface area contributed by atoms with Crippen LogP contribution in [0.15, 0.2) is 30.5 Å². The lowest BCUT2D eigenvalue weighted by Crippen LogP contribution is -1.89. The van der Waals surface area contributed by atoms with Gasteiger partial charge in [-0.2, -0.15) is 0 Å². The van der Waals surface area contributed by atoms with Crippen LogP contribution in [0.1, 0.15) is 5.56 Å². The van der Waals surface area contributed by atoms with Gasteiger partial charge in [0.2, 0.25) is 0 Å². The fourth-order valence-electron chi connectivity index (χ4n) is 1.33. The van der Waals surface area contributed by atoms with Crippen LogP contribution in [0.5, 0.6) is 5.88 Å². The normalized spacial score (nSPS) is 10.3. The minimum absolute atomic E-state index is 0.251. The van der Waals surface area contributed by atoms with Gasteiger partial charge in [0.1, 0.15) is 0 Å². The van der Waals surface area contributed by atoms with Crippen molar-refractivity contribution in [3.63, 3.8) is 0 Å². The molecule has 0 spiro atoms. The number of hydrogen-bond donors (Lipinski definition) is 1. The van der Waals surface area contributed by atoms with E-state index in [9.17, 15) is 0 Å². The Morgan fingerprint density at radius 1 is 1.31 bits per heavy atom. The van der Waals surface area contributed by atoms with E-state index in [-0.39, 0.29) is 5.88 Å². The first-order valence-corrected chi connectivity index (χ1v) is 3.98. The molecule has 0 saturated carbocycles. The maximum absolute atomic E-state index is 8.56. The van der Waals surface area contributed by atoms with E-state index in [1.807, 2.05) is 31.2 Å². The second-order valence-electron chi connectivity index (χ2n) is 2.93. The average molecular weight is 175 g/mol. The molecule has 2 rings (SSSR count). The van der Waals surface area contributed by atoms with E-state index in [1.54, 1.807) is 6.20 Å². The Hall–Kier alpha value is -1.61. The van der Waals surface area contributed by atoms with E-state index in [1.165, 1.54) is 0 Å². The number of nitrogens with zero attached hydrogens (tertiary/aromatic N) is 1. The third-order valence-electron chi connectivity index (χ3n) is 1.97. The number of aromatic nitrogens is 1. The van der Waals surface area contributed by atoms with Gasteiger partial charge in [-0.25, -0.2) is 10.2 Å². The Kier molecular flexibility index (Phi) is 1.87. The van der Waals surface area contributed by atoms with Gasteiger partial charge in [-0.15, -0.1) is 0 Å². The highest BCUT2D eigenvalue weighted by Crippen LogP contribution is 2.23. The summed E-state index contributed by atoms with van der Waals surface area (Å²) in [6, 6.07) is 7.77. The van der Waals surface area contributed by atoms with E-state index < -0.39 is 0 Å². The topological polar surface area (TPSA) is 42.4 Å². The SMILES string of the molecule is Cc1ccc2ccnc(OO)c2c1. The molecule has 0 bridgehead atoms. The van der Waals surface area contributed by atoms with Crippen LogP contribution in [0.25, 0.3) is 10.8 Å². The number of hydrogen-bond acceptors (Lipinski definition) is 3. The van der Waals surface area contributed by atoms with Crippen LogP contribution in [-0.4, -0.2) is 10.2 Å². The van der Waals surface area contributed by atoms with Crippen molar-refractivity contribution < 1.29 is 10.1 Å². The molecule has 1 aromatic heterocycles. The second-order valence-corrected chi connectivity index (χ2v) is 2.93. The van der Waals surface area contributed by atoms with E-state index in [0.29, 0.717) is 0 Å². The smallest absolute Gasteiger partial charge is 0.263 e. The molecule has 2 aromatic rings. The Labute approximate surface area is 75.5 Å². The fraction of sp³-hybridized carbons (Fsp3) is 0.100. The van der Waals surface area contributed by atoms with E-state index in [4.69, 9.17) is 5.26 Å². The van der Waals surface area contributed by atoms with E-state index in [0.717, 1.165) is 16.3 Å². The first-order valence-electron chi connectivity index (χ1n) is 3.98. The lowest BCUT2D eigenvalue weighted by atomic mass is 10.1. The molecule has 13 heavy (non-hydrogen) atoms. The number of fused-ring (bicyclic) bond motifs is 1. The Bertz CT molecular complexity index is 440. The highest BCUT2D eigenvalue weighted by Gasteiger charge is 2.02. The van der Waals surface area contributed by atoms with Gasteiger partial charge >= 0.3 is 0 Å². The molecular formula is C10H9NO2. The maximum Gasteiger partial charge on any atom is 0.263 e. The van der Waals surface area contributed by atoms with Crippen LogP contribution in [0.2, 0.25) is 0 Å². The number of aryl methyl sites for hydroxylation is 1. The summed E-state index contributed by atoms with van der Waals surface area (Å²) in [5, 5.41) is 10.4. The van der Waals surface area contributed by atoms with Crippen molar-refractivity contribution in [2.45, 2.75) is 6.92 Å². The first kappa shape index (κ1) is 8.01. The van der Waals surface area contributed by atoms with Crippen molar-refractivity contribution in [3.05, 3.63) is 36.0 Å². The lowest BCUT2D eigenvalue weighted by molar-refractivity contribution is -0.140. The third kappa shape index (κ3) is 1.34. The summed E-state index contributed by atoms with van der Waals surface area (Å²) >= 11 is 0. The van der Waals surface area contributed by atoms with Crippen molar-refractivity contribution >= 4 is 10.8 Å². The predicted octanol–water partition coefficient (Wildman–Crippen LogP) is 2.40. The van der Waals surface area contributed by atoms with Gasteiger partial charge < -0.3 is 4.89 Å². The molecule has 1 N–H and O–H groups in total. The van der Waals surface area contributed by atoms with Crippen LogP contribution >= 0.6 is 0 Å². The van der Waals surface area contributed by atoms with Crippen molar-refractivity contribution in [2.75, 3.05) is 0 Å². The minimum Gasteiger partial charge on any atom is -0.319 e. The number of benzene rings is 1. The molecule has 0 radical (unpaired) electrons. The molecule has 0 amide bonds. The summed E-state index contributed by atoms with van der Waals surface area (Å²) < 4.78 is 0. The summed E-state index contributed by atoms with van der Waals surface area (Å²) in [4.78, 5) is 8.07. The lowest BCUT2D eigenvalue weighted by Gasteiger charge is -2.02. The zero-order valence-corrected chi connectivity index (χ0v) is 7.19. The molecule has 0 atom stereocenters. The molecule has 0 aliphatic heterocycles. The van der Waals surface area contributed by atoms with Crippen LogP contribution in [0, 0.1) is 6.92 Å². The summed E-state index contributed by atoms with van der Waals surface area (Å²) in [7, 11) is 0. The molecule has 0 unspecified atom stereocenters. The van der Waals surface area contributed by atoms with Gasteiger partial charge in [0, 0.05) is 11.6 Å². The fourth-order valence-corrected chi connectivity index (χ4v) is 1.33. The molecule has 1 heterocycles. The predicted molar refractivity (Wildman–Crippen MR) is 49.7 cm³/mol. The second kappa shape index (κ2) is 3.03. The van der Waals surface area contributed by atoms with Gasteiger partial charge in [-0.1, -0.05) is 17.7 Å². The van der Waals surface area contributed by atoms with Crippen molar-refractivity contribution in [3.8, 4) is 5.88 Å². The standard InChI is InChI=1S/C10H9NO2/c1-7-2-3-8-4-5-11-10(13-12)9(8)6-7/h2-6,12H,1H3. The molecule has 1 aromatic carbocycles. The van der Waals surface area contributed by atoms with E-state index >= 15 is 0 Å².